The summed E-state index contributed by atoms with van der Waals surface area (Å²) in [6.07, 6.45) is 0. The standard InChI is InChI=1S/C26H21FN2O4/c1-15(2)16-5-10-20(11-6-16)29-25(30)23(17-3-7-18(27)8-4-17)24(26(29)31)28-19-9-12-21-22(13-19)33-14-32-21/h3-13,15,28H,14H2,1-2H3. The van der Waals surface area contributed by atoms with Crippen molar-refractivity contribution in [1.29, 1.82) is 0 Å². The van der Waals surface area contributed by atoms with Crippen LogP contribution in [0.2, 0.25) is 0 Å². The molecule has 7 heteroatoms. The Labute approximate surface area is 190 Å². The lowest BCUT2D eigenvalue weighted by atomic mass is 10.0. The fourth-order valence-electron chi connectivity index (χ4n) is 3.89. The number of nitrogens with zero attached hydrogens (tertiary/aromatic N) is 1. The predicted octanol–water partition coefficient (Wildman–Crippen LogP) is 5.07. The quantitative estimate of drug-likeness (QED) is 0.557. The van der Waals surface area contributed by atoms with E-state index in [-0.39, 0.29) is 18.1 Å². The van der Waals surface area contributed by atoms with Gasteiger partial charge < -0.3 is 14.8 Å². The van der Waals surface area contributed by atoms with Crippen LogP contribution in [0.25, 0.3) is 5.57 Å². The zero-order valence-corrected chi connectivity index (χ0v) is 18.1. The Morgan fingerprint density at radius 1 is 0.879 bits per heavy atom. The van der Waals surface area contributed by atoms with Crippen LogP contribution in [-0.4, -0.2) is 18.6 Å². The number of benzene rings is 3. The minimum absolute atomic E-state index is 0.110. The number of carbonyl (C=O) groups is 2. The first-order chi connectivity index (χ1) is 15.9. The molecule has 0 fully saturated rings. The minimum atomic E-state index is -0.491. The highest BCUT2D eigenvalue weighted by atomic mass is 19.1. The summed E-state index contributed by atoms with van der Waals surface area (Å²) >= 11 is 0. The van der Waals surface area contributed by atoms with Crippen molar-refractivity contribution in [1.82, 2.24) is 0 Å². The fourth-order valence-corrected chi connectivity index (χ4v) is 3.89. The number of halogens is 1. The molecule has 2 aliphatic rings. The molecular weight excluding hydrogens is 423 g/mol. The van der Waals surface area contributed by atoms with E-state index in [1.54, 1.807) is 30.3 Å². The highest BCUT2D eigenvalue weighted by Crippen LogP contribution is 2.37. The summed E-state index contributed by atoms with van der Waals surface area (Å²) < 4.78 is 24.3. The Kier molecular flexibility index (Phi) is 5.09. The monoisotopic (exact) mass is 444 g/mol. The van der Waals surface area contributed by atoms with Crippen molar-refractivity contribution in [3.8, 4) is 11.5 Å². The van der Waals surface area contributed by atoms with E-state index in [2.05, 4.69) is 19.2 Å². The summed E-state index contributed by atoms with van der Waals surface area (Å²) in [5.41, 5.74) is 2.86. The van der Waals surface area contributed by atoms with E-state index in [1.807, 2.05) is 12.1 Å². The Hall–Kier alpha value is -4.13. The largest absolute Gasteiger partial charge is 0.454 e. The molecule has 2 amide bonds. The van der Waals surface area contributed by atoms with Gasteiger partial charge in [-0.25, -0.2) is 9.29 Å². The lowest BCUT2D eigenvalue weighted by Crippen LogP contribution is -2.32. The Morgan fingerprint density at radius 3 is 2.27 bits per heavy atom. The minimum Gasteiger partial charge on any atom is -0.454 e. The van der Waals surface area contributed by atoms with Gasteiger partial charge in [-0.1, -0.05) is 38.1 Å². The molecule has 0 atom stereocenters. The average molecular weight is 444 g/mol. The van der Waals surface area contributed by atoms with Crippen LogP contribution >= 0.6 is 0 Å². The van der Waals surface area contributed by atoms with E-state index < -0.39 is 17.6 Å². The van der Waals surface area contributed by atoms with Crippen molar-refractivity contribution < 1.29 is 23.5 Å². The SMILES string of the molecule is CC(C)c1ccc(N2C(=O)C(Nc3ccc4c(c3)OCO4)=C(c3ccc(F)cc3)C2=O)cc1. The van der Waals surface area contributed by atoms with Crippen LogP contribution in [0.4, 0.5) is 15.8 Å². The molecule has 2 heterocycles. The van der Waals surface area contributed by atoms with Crippen LogP contribution in [0.3, 0.4) is 0 Å². The molecule has 0 aliphatic carbocycles. The van der Waals surface area contributed by atoms with Crippen LogP contribution in [0, 0.1) is 5.82 Å². The van der Waals surface area contributed by atoms with E-state index in [1.165, 1.54) is 24.3 Å². The van der Waals surface area contributed by atoms with Crippen LogP contribution in [0.15, 0.2) is 72.4 Å². The van der Waals surface area contributed by atoms with Gasteiger partial charge in [-0.05, 0) is 53.4 Å². The topological polar surface area (TPSA) is 67.9 Å². The van der Waals surface area contributed by atoms with Gasteiger partial charge in [-0.3, -0.25) is 9.59 Å². The van der Waals surface area contributed by atoms with Crippen LogP contribution in [0.1, 0.15) is 30.9 Å². The molecule has 3 aromatic carbocycles. The zero-order valence-electron chi connectivity index (χ0n) is 18.1. The molecule has 0 aromatic heterocycles. The van der Waals surface area contributed by atoms with Crippen molar-refractivity contribution in [3.05, 3.63) is 89.4 Å². The maximum atomic E-state index is 13.5. The highest BCUT2D eigenvalue weighted by Gasteiger charge is 2.40. The smallest absolute Gasteiger partial charge is 0.282 e. The highest BCUT2D eigenvalue weighted by molar-refractivity contribution is 6.46. The van der Waals surface area contributed by atoms with Crippen LogP contribution in [-0.2, 0) is 9.59 Å². The third-order valence-corrected chi connectivity index (χ3v) is 5.68. The summed E-state index contributed by atoms with van der Waals surface area (Å²) in [7, 11) is 0. The molecule has 0 saturated heterocycles. The van der Waals surface area contributed by atoms with Gasteiger partial charge in [0.15, 0.2) is 11.5 Å². The van der Waals surface area contributed by atoms with Gasteiger partial charge in [-0.2, -0.15) is 0 Å². The molecule has 0 radical (unpaired) electrons. The Bertz CT molecular complexity index is 1280. The van der Waals surface area contributed by atoms with Crippen molar-refractivity contribution >= 4 is 28.8 Å². The molecule has 0 saturated carbocycles. The summed E-state index contributed by atoms with van der Waals surface area (Å²) in [5.74, 6) is 0.0694. The van der Waals surface area contributed by atoms with Gasteiger partial charge in [0.2, 0.25) is 6.79 Å². The summed E-state index contributed by atoms with van der Waals surface area (Å²) in [6, 6.07) is 18.0. The van der Waals surface area contributed by atoms with Crippen molar-refractivity contribution in [3.63, 3.8) is 0 Å². The van der Waals surface area contributed by atoms with Crippen molar-refractivity contribution in [2.45, 2.75) is 19.8 Å². The van der Waals surface area contributed by atoms with Crippen LogP contribution in [0.5, 0.6) is 11.5 Å². The Balaban J connectivity index is 1.56. The summed E-state index contributed by atoms with van der Waals surface area (Å²) in [6.45, 7) is 4.27. The second-order valence-electron chi connectivity index (χ2n) is 8.14. The van der Waals surface area contributed by atoms with Gasteiger partial charge in [-0.15, -0.1) is 0 Å². The molecule has 6 nitrogen and oxygen atoms in total. The van der Waals surface area contributed by atoms with Crippen LogP contribution < -0.4 is 19.7 Å². The zero-order chi connectivity index (χ0) is 23.1. The van der Waals surface area contributed by atoms with E-state index in [0.29, 0.717) is 34.4 Å². The number of carbonyl (C=O) groups excluding carboxylic acids is 2. The Morgan fingerprint density at radius 2 is 1.58 bits per heavy atom. The van der Waals surface area contributed by atoms with Gasteiger partial charge in [0.1, 0.15) is 11.5 Å². The van der Waals surface area contributed by atoms with Crippen molar-refractivity contribution in [2.24, 2.45) is 0 Å². The fraction of sp³-hybridized carbons (Fsp3) is 0.154. The molecule has 1 N–H and O–H groups in total. The number of rotatable bonds is 5. The number of hydrogen-bond acceptors (Lipinski definition) is 5. The molecule has 0 spiro atoms. The van der Waals surface area contributed by atoms with E-state index >= 15 is 0 Å². The molecule has 3 aromatic rings. The van der Waals surface area contributed by atoms with E-state index in [4.69, 9.17) is 9.47 Å². The number of hydrogen-bond donors (Lipinski definition) is 1. The molecular formula is C26H21FN2O4. The molecule has 33 heavy (non-hydrogen) atoms. The first-order valence-corrected chi connectivity index (χ1v) is 10.6. The molecule has 2 aliphatic heterocycles. The van der Waals surface area contributed by atoms with Gasteiger partial charge >= 0.3 is 0 Å². The van der Waals surface area contributed by atoms with E-state index in [0.717, 1.165) is 10.5 Å². The van der Waals surface area contributed by atoms with Gasteiger partial charge in [0, 0.05) is 11.8 Å². The number of ether oxygens (including phenoxy) is 2. The predicted molar refractivity (Wildman–Crippen MR) is 123 cm³/mol. The number of anilines is 2. The average Bonchev–Trinajstić information content (AvgIpc) is 3.37. The van der Waals surface area contributed by atoms with Gasteiger partial charge in [0.05, 0.1) is 11.3 Å². The lowest BCUT2D eigenvalue weighted by Gasteiger charge is -2.16. The van der Waals surface area contributed by atoms with Gasteiger partial charge in [0.25, 0.3) is 11.8 Å². The first kappa shape index (κ1) is 20.8. The third-order valence-electron chi connectivity index (χ3n) is 5.68. The molecule has 5 rings (SSSR count). The normalized spacial score (nSPS) is 15.1. The lowest BCUT2D eigenvalue weighted by molar-refractivity contribution is -0.120. The third kappa shape index (κ3) is 3.71. The number of fused-ring (bicyclic) bond motifs is 1. The molecule has 0 unspecified atom stereocenters. The number of nitrogens with one attached hydrogen (secondary N) is 1. The second-order valence-corrected chi connectivity index (χ2v) is 8.14. The number of amides is 2. The molecule has 0 bridgehead atoms. The number of imide groups is 1. The first-order valence-electron chi connectivity index (χ1n) is 10.6. The summed E-state index contributed by atoms with van der Waals surface area (Å²) in [4.78, 5) is 28.1. The second kappa shape index (κ2) is 8.09. The maximum Gasteiger partial charge on any atom is 0.282 e. The summed E-state index contributed by atoms with van der Waals surface area (Å²) in [5, 5.41) is 3.08. The molecule has 166 valence electrons. The van der Waals surface area contributed by atoms with Crippen molar-refractivity contribution in [2.75, 3.05) is 17.0 Å². The van der Waals surface area contributed by atoms with E-state index in [9.17, 15) is 14.0 Å². The maximum absolute atomic E-state index is 13.5.